The van der Waals surface area contributed by atoms with Crippen LogP contribution in [0.4, 0.5) is 17.6 Å². The number of alkyl halides is 4. The summed E-state index contributed by atoms with van der Waals surface area (Å²) in [5.41, 5.74) is 0. The van der Waals surface area contributed by atoms with Crippen molar-refractivity contribution in [1.29, 1.82) is 0 Å². The standard InChI is InChI=1S/C18H28F4/c1-2-3-11-4-6-12(7-5-11)14-10-13-8-9-15(19)17(20)16(13)18(14,21)22/h11-17H,2-10H2,1H3. The number of fused-ring (bicyclic) bond motifs is 1. The van der Waals surface area contributed by atoms with Crippen LogP contribution >= 0.6 is 0 Å². The quantitative estimate of drug-likeness (QED) is 0.564. The Balaban J connectivity index is 1.68. The molecule has 0 aliphatic heterocycles. The van der Waals surface area contributed by atoms with E-state index in [-0.39, 0.29) is 18.3 Å². The second kappa shape index (κ2) is 6.32. The average Bonchev–Trinajstić information content (AvgIpc) is 2.76. The lowest BCUT2D eigenvalue weighted by Crippen LogP contribution is -2.45. The van der Waals surface area contributed by atoms with Gasteiger partial charge in [0.05, 0.1) is 5.92 Å². The molecule has 0 N–H and O–H groups in total. The minimum atomic E-state index is -3.02. The topological polar surface area (TPSA) is 0 Å². The van der Waals surface area contributed by atoms with E-state index in [4.69, 9.17) is 0 Å². The van der Waals surface area contributed by atoms with Crippen LogP contribution in [0, 0.1) is 29.6 Å². The molecule has 4 heteroatoms. The van der Waals surface area contributed by atoms with Gasteiger partial charge in [-0.25, -0.2) is 17.6 Å². The van der Waals surface area contributed by atoms with Crippen LogP contribution in [0.3, 0.4) is 0 Å². The van der Waals surface area contributed by atoms with E-state index < -0.39 is 30.1 Å². The van der Waals surface area contributed by atoms with Crippen molar-refractivity contribution in [2.45, 2.75) is 83.0 Å². The lowest BCUT2D eigenvalue weighted by Gasteiger charge is -2.37. The summed E-state index contributed by atoms with van der Waals surface area (Å²) in [4.78, 5) is 0. The van der Waals surface area contributed by atoms with Crippen molar-refractivity contribution in [2.75, 3.05) is 0 Å². The summed E-state index contributed by atoms with van der Waals surface area (Å²) in [6.45, 7) is 2.16. The lowest BCUT2D eigenvalue weighted by atomic mass is 9.72. The molecule has 0 amide bonds. The summed E-state index contributed by atoms with van der Waals surface area (Å²) in [5, 5.41) is 0. The van der Waals surface area contributed by atoms with Gasteiger partial charge in [-0.1, -0.05) is 32.6 Å². The summed E-state index contributed by atoms with van der Waals surface area (Å²) in [6, 6.07) is 0. The molecule has 0 heterocycles. The van der Waals surface area contributed by atoms with E-state index in [0.717, 1.165) is 32.1 Å². The van der Waals surface area contributed by atoms with Gasteiger partial charge >= 0.3 is 0 Å². The summed E-state index contributed by atoms with van der Waals surface area (Å²) in [6.07, 6.45) is 3.42. The van der Waals surface area contributed by atoms with Crippen LogP contribution in [0.5, 0.6) is 0 Å². The van der Waals surface area contributed by atoms with E-state index in [0.29, 0.717) is 18.8 Å². The third-order valence-electron chi connectivity index (χ3n) is 6.66. The molecular formula is C18H28F4. The molecule has 3 aliphatic rings. The highest BCUT2D eigenvalue weighted by Gasteiger charge is 2.64. The van der Waals surface area contributed by atoms with Gasteiger partial charge in [0.15, 0.2) is 0 Å². The Morgan fingerprint density at radius 1 is 0.909 bits per heavy atom. The molecule has 128 valence electrons. The molecule has 0 aromatic heterocycles. The molecule has 3 rings (SSSR count). The van der Waals surface area contributed by atoms with Gasteiger partial charge in [-0.3, -0.25) is 0 Å². The highest BCUT2D eigenvalue weighted by molar-refractivity contribution is 5.06. The van der Waals surface area contributed by atoms with Gasteiger partial charge in [0.1, 0.15) is 12.3 Å². The minimum Gasteiger partial charge on any atom is -0.244 e. The highest BCUT2D eigenvalue weighted by atomic mass is 19.3. The molecule has 0 aromatic rings. The van der Waals surface area contributed by atoms with Crippen LogP contribution in [0.2, 0.25) is 0 Å². The van der Waals surface area contributed by atoms with Crippen molar-refractivity contribution >= 4 is 0 Å². The maximum atomic E-state index is 14.8. The van der Waals surface area contributed by atoms with E-state index in [1.54, 1.807) is 0 Å². The fourth-order valence-corrected chi connectivity index (χ4v) is 5.51. The second-order valence-electron chi connectivity index (χ2n) is 7.91. The lowest BCUT2D eigenvalue weighted by molar-refractivity contribution is -0.139. The SMILES string of the molecule is CCCC1CCC(C2CC3CCC(F)C(F)C3C2(F)F)CC1. The normalized spacial score (nSPS) is 48.1. The van der Waals surface area contributed by atoms with Crippen LogP contribution in [0.25, 0.3) is 0 Å². The van der Waals surface area contributed by atoms with Gasteiger partial charge in [0.25, 0.3) is 5.92 Å². The molecule has 0 aromatic carbocycles. The van der Waals surface area contributed by atoms with E-state index in [2.05, 4.69) is 6.92 Å². The average molecular weight is 320 g/mol. The Bertz CT molecular complexity index is 375. The first-order valence-corrected chi connectivity index (χ1v) is 9.11. The van der Waals surface area contributed by atoms with Gasteiger partial charge in [0, 0.05) is 5.92 Å². The predicted molar refractivity (Wildman–Crippen MR) is 79.4 cm³/mol. The Morgan fingerprint density at radius 2 is 1.55 bits per heavy atom. The predicted octanol–water partition coefficient (Wildman–Crippen LogP) is 5.95. The highest BCUT2D eigenvalue weighted by Crippen LogP contribution is 2.59. The third-order valence-corrected chi connectivity index (χ3v) is 6.66. The Labute approximate surface area is 131 Å². The smallest absolute Gasteiger partial charge is 0.244 e. The number of rotatable bonds is 3. The van der Waals surface area contributed by atoms with Crippen LogP contribution in [0.15, 0.2) is 0 Å². The monoisotopic (exact) mass is 320 g/mol. The molecular weight excluding hydrogens is 292 g/mol. The molecule has 0 spiro atoms. The van der Waals surface area contributed by atoms with E-state index in [9.17, 15) is 17.6 Å². The van der Waals surface area contributed by atoms with Crippen LogP contribution in [-0.4, -0.2) is 18.3 Å². The first kappa shape index (κ1) is 16.6. The third kappa shape index (κ3) is 2.80. The summed E-state index contributed by atoms with van der Waals surface area (Å²) in [7, 11) is 0. The Kier molecular flexibility index (Phi) is 4.76. The first-order valence-electron chi connectivity index (χ1n) is 9.11. The Morgan fingerprint density at radius 3 is 2.18 bits per heavy atom. The summed E-state index contributed by atoms with van der Waals surface area (Å²) < 4.78 is 57.2. The zero-order chi connectivity index (χ0) is 15.9. The minimum absolute atomic E-state index is 0.0129. The van der Waals surface area contributed by atoms with Gasteiger partial charge in [-0.2, -0.15) is 0 Å². The maximum Gasteiger partial charge on any atom is 0.257 e. The summed E-state index contributed by atoms with van der Waals surface area (Å²) in [5.74, 6) is -4.71. The first-order chi connectivity index (χ1) is 10.4. The molecule has 5 unspecified atom stereocenters. The zero-order valence-electron chi connectivity index (χ0n) is 13.4. The van der Waals surface area contributed by atoms with Crippen molar-refractivity contribution < 1.29 is 17.6 Å². The summed E-state index contributed by atoms with van der Waals surface area (Å²) >= 11 is 0. The van der Waals surface area contributed by atoms with Crippen molar-refractivity contribution in [1.82, 2.24) is 0 Å². The van der Waals surface area contributed by atoms with E-state index in [1.165, 1.54) is 6.42 Å². The maximum absolute atomic E-state index is 14.8. The molecule has 3 fully saturated rings. The van der Waals surface area contributed by atoms with Crippen LogP contribution < -0.4 is 0 Å². The van der Waals surface area contributed by atoms with Crippen molar-refractivity contribution in [3.05, 3.63) is 0 Å². The van der Waals surface area contributed by atoms with E-state index in [1.807, 2.05) is 0 Å². The van der Waals surface area contributed by atoms with Crippen molar-refractivity contribution in [2.24, 2.45) is 29.6 Å². The zero-order valence-corrected chi connectivity index (χ0v) is 13.4. The molecule has 5 atom stereocenters. The molecule has 0 saturated heterocycles. The molecule has 0 nitrogen and oxygen atoms in total. The fourth-order valence-electron chi connectivity index (χ4n) is 5.51. The fraction of sp³-hybridized carbons (Fsp3) is 1.00. The number of hydrogen-bond donors (Lipinski definition) is 0. The molecule has 22 heavy (non-hydrogen) atoms. The van der Waals surface area contributed by atoms with Gasteiger partial charge in [-0.15, -0.1) is 0 Å². The second-order valence-corrected chi connectivity index (χ2v) is 7.91. The molecule has 3 aliphatic carbocycles. The van der Waals surface area contributed by atoms with Crippen LogP contribution in [-0.2, 0) is 0 Å². The Hall–Kier alpha value is -0.280. The molecule has 0 bridgehead atoms. The van der Waals surface area contributed by atoms with Gasteiger partial charge in [0.2, 0.25) is 0 Å². The van der Waals surface area contributed by atoms with Crippen LogP contribution in [0.1, 0.15) is 64.7 Å². The molecule has 0 radical (unpaired) electrons. The van der Waals surface area contributed by atoms with Gasteiger partial charge in [-0.05, 0) is 49.9 Å². The van der Waals surface area contributed by atoms with E-state index >= 15 is 0 Å². The molecule has 3 saturated carbocycles. The largest absolute Gasteiger partial charge is 0.257 e. The number of halogens is 4. The number of hydrogen-bond acceptors (Lipinski definition) is 0. The van der Waals surface area contributed by atoms with Crippen molar-refractivity contribution in [3.8, 4) is 0 Å². The van der Waals surface area contributed by atoms with Gasteiger partial charge < -0.3 is 0 Å². The van der Waals surface area contributed by atoms with Crippen molar-refractivity contribution in [3.63, 3.8) is 0 Å².